The third-order valence-electron chi connectivity index (χ3n) is 2.00. The van der Waals surface area contributed by atoms with Crippen molar-refractivity contribution in [2.75, 3.05) is 7.11 Å². The summed E-state index contributed by atoms with van der Waals surface area (Å²) in [7, 11) is 1.47. The summed E-state index contributed by atoms with van der Waals surface area (Å²) in [5.41, 5.74) is 1.30. The first-order valence-electron chi connectivity index (χ1n) is 4.47. The second-order valence-electron chi connectivity index (χ2n) is 3.00. The molecule has 16 heavy (non-hydrogen) atoms. The van der Waals surface area contributed by atoms with Crippen LogP contribution >= 0.6 is 11.6 Å². The third kappa shape index (κ3) is 1.90. The van der Waals surface area contributed by atoms with Crippen LogP contribution in [-0.4, -0.2) is 28.4 Å². The molecule has 6 heteroatoms. The lowest BCUT2D eigenvalue weighted by Crippen LogP contribution is -1.98. The Labute approximate surface area is 96.6 Å². The number of hydrogen-bond donors (Lipinski definition) is 0. The van der Waals surface area contributed by atoms with Gasteiger partial charge in [0.1, 0.15) is 6.29 Å². The maximum absolute atomic E-state index is 10.5. The summed E-state index contributed by atoms with van der Waals surface area (Å²) in [6.45, 7) is 0. The highest BCUT2D eigenvalue weighted by molar-refractivity contribution is 6.30. The van der Waals surface area contributed by atoms with Crippen molar-refractivity contribution in [3.05, 3.63) is 35.0 Å². The SMILES string of the molecule is COc1nn(-c2ccc(C=O)cc2)nc1Cl. The number of aldehydes is 1. The first-order chi connectivity index (χ1) is 7.74. The zero-order chi connectivity index (χ0) is 11.5. The molecule has 5 nitrogen and oxygen atoms in total. The Kier molecular flexibility index (Phi) is 2.87. The molecule has 82 valence electrons. The Morgan fingerprint density at radius 3 is 2.50 bits per heavy atom. The van der Waals surface area contributed by atoms with E-state index in [0.717, 1.165) is 6.29 Å². The molecule has 0 bridgehead atoms. The standard InChI is InChI=1S/C10H8ClN3O2/c1-16-10-9(11)12-14(13-10)8-4-2-7(6-15)3-5-8/h2-6H,1H3. The minimum absolute atomic E-state index is 0.196. The van der Waals surface area contributed by atoms with E-state index in [4.69, 9.17) is 16.3 Å². The van der Waals surface area contributed by atoms with Crippen molar-refractivity contribution in [3.8, 4) is 11.6 Å². The molecule has 0 atom stereocenters. The Hall–Kier alpha value is -1.88. The summed E-state index contributed by atoms with van der Waals surface area (Å²) in [6.07, 6.45) is 0.772. The van der Waals surface area contributed by atoms with Crippen LogP contribution in [0.4, 0.5) is 0 Å². The van der Waals surface area contributed by atoms with E-state index in [-0.39, 0.29) is 11.0 Å². The van der Waals surface area contributed by atoms with Crippen molar-refractivity contribution in [1.29, 1.82) is 0 Å². The van der Waals surface area contributed by atoms with Gasteiger partial charge in [-0.15, -0.1) is 15.0 Å². The number of benzene rings is 1. The number of halogens is 1. The lowest BCUT2D eigenvalue weighted by atomic mass is 10.2. The van der Waals surface area contributed by atoms with Gasteiger partial charge < -0.3 is 4.74 Å². The van der Waals surface area contributed by atoms with Gasteiger partial charge in [-0.2, -0.15) is 0 Å². The fourth-order valence-electron chi connectivity index (χ4n) is 1.20. The fraction of sp³-hybridized carbons (Fsp3) is 0.100. The summed E-state index contributed by atoms with van der Waals surface area (Å²) in [4.78, 5) is 11.8. The van der Waals surface area contributed by atoms with Gasteiger partial charge in [-0.1, -0.05) is 11.6 Å². The minimum Gasteiger partial charge on any atom is -0.478 e. The molecule has 0 unspecified atom stereocenters. The number of rotatable bonds is 3. The molecule has 1 aromatic carbocycles. The molecule has 0 spiro atoms. The van der Waals surface area contributed by atoms with E-state index in [9.17, 15) is 4.79 Å². The van der Waals surface area contributed by atoms with Crippen LogP contribution in [0.15, 0.2) is 24.3 Å². The highest BCUT2D eigenvalue weighted by Gasteiger charge is 2.09. The van der Waals surface area contributed by atoms with Crippen LogP contribution in [0.5, 0.6) is 5.88 Å². The molecule has 0 N–H and O–H groups in total. The Bertz CT molecular complexity index is 507. The van der Waals surface area contributed by atoms with Gasteiger partial charge in [0.05, 0.1) is 12.8 Å². The molecular weight excluding hydrogens is 230 g/mol. The fourth-order valence-corrected chi connectivity index (χ4v) is 1.39. The van der Waals surface area contributed by atoms with E-state index >= 15 is 0 Å². The molecule has 0 radical (unpaired) electrons. The van der Waals surface area contributed by atoms with Gasteiger partial charge in [0.2, 0.25) is 5.15 Å². The maximum atomic E-state index is 10.5. The Morgan fingerprint density at radius 2 is 2.00 bits per heavy atom. The molecule has 0 aliphatic carbocycles. The van der Waals surface area contributed by atoms with Crippen LogP contribution in [0.1, 0.15) is 10.4 Å². The van der Waals surface area contributed by atoms with Crippen molar-refractivity contribution in [2.24, 2.45) is 0 Å². The number of ether oxygens (including phenoxy) is 1. The zero-order valence-electron chi connectivity index (χ0n) is 8.42. The van der Waals surface area contributed by atoms with Crippen LogP contribution in [0.2, 0.25) is 5.15 Å². The minimum atomic E-state index is 0.196. The maximum Gasteiger partial charge on any atom is 0.273 e. The van der Waals surface area contributed by atoms with Crippen molar-refractivity contribution in [1.82, 2.24) is 15.0 Å². The zero-order valence-corrected chi connectivity index (χ0v) is 9.18. The molecule has 1 aromatic heterocycles. The summed E-state index contributed by atoms with van der Waals surface area (Å²) >= 11 is 5.78. The van der Waals surface area contributed by atoms with Crippen LogP contribution in [0.3, 0.4) is 0 Å². The van der Waals surface area contributed by atoms with Crippen LogP contribution in [0.25, 0.3) is 5.69 Å². The van der Waals surface area contributed by atoms with Gasteiger partial charge in [0.15, 0.2) is 0 Å². The first kappa shape index (κ1) is 10.6. The van der Waals surface area contributed by atoms with Crippen molar-refractivity contribution >= 4 is 17.9 Å². The molecule has 2 aromatic rings. The summed E-state index contributed by atoms with van der Waals surface area (Å²) < 4.78 is 4.91. The van der Waals surface area contributed by atoms with Gasteiger partial charge in [-0.25, -0.2) is 0 Å². The van der Waals surface area contributed by atoms with Gasteiger partial charge >= 0.3 is 0 Å². The van der Waals surface area contributed by atoms with Crippen molar-refractivity contribution in [3.63, 3.8) is 0 Å². The van der Waals surface area contributed by atoms with E-state index in [1.807, 2.05) is 0 Å². The molecule has 0 saturated carbocycles. The predicted octanol–water partition coefficient (Wildman–Crippen LogP) is 1.74. The van der Waals surface area contributed by atoms with Gasteiger partial charge in [0, 0.05) is 5.56 Å². The average molecular weight is 238 g/mol. The number of carbonyl (C=O) groups excluding carboxylic acids is 1. The summed E-state index contributed by atoms with van der Waals surface area (Å²) in [5.74, 6) is 0.265. The highest BCUT2D eigenvalue weighted by atomic mass is 35.5. The third-order valence-corrected chi connectivity index (χ3v) is 2.24. The van der Waals surface area contributed by atoms with E-state index in [1.165, 1.54) is 11.9 Å². The smallest absolute Gasteiger partial charge is 0.273 e. The van der Waals surface area contributed by atoms with Gasteiger partial charge in [-0.05, 0) is 24.3 Å². The first-order valence-corrected chi connectivity index (χ1v) is 4.85. The quantitative estimate of drug-likeness (QED) is 0.763. The lowest BCUT2D eigenvalue weighted by Gasteiger charge is -1.98. The number of methoxy groups -OCH3 is 1. The van der Waals surface area contributed by atoms with E-state index in [0.29, 0.717) is 11.3 Å². The number of hydrogen-bond acceptors (Lipinski definition) is 4. The average Bonchev–Trinajstić information content (AvgIpc) is 2.71. The molecule has 0 amide bonds. The molecule has 1 heterocycles. The van der Waals surface area contributed by atoms with E-state index in [1.54, 1.807) is 24.3 Å². The molecular formula is C10H8ClN3O2. The van der Waals surface area contributed by atoms with Crippen molar-refractivity contribution in [2.45, 2.75) is 0 Å². The predicted molar refractivity (Wildman–Crippen MR) is 58.3 cm³/mol. The molecule has 0 saturated heterocycles. The largest absolute Gasteiger partial charge is 0.478 e. The van der Waals surface area contributed by atoms with Crippen LogP contribution < -0.4 is 4.74 Å². The summed E-state index contributed by atoms with van der Waals surface area (Å²) in [6, 6.07) is 6.79. The van der Waals surface area contributed by atoms with Crippen LogP contribution in [0, 0.1) is 0 Å². The molecule has 2 rings (SSSR count). The number of aromatic nitrogens is 3. The van der Waals surface area contributed by atoms with E-state index in [2.05, 4.69) is 10.2 Å². The second-order valence-corrected chi connectivity index (χ2v) is 3.36. The monoisotopic (exact) mass is 237 g/mol. The molecule has 0 aliphatic heterocycles. The van der Waals surface area contributed by atoms with Gasteiger partial charge in [-0.3, -0.25) is 4.79 Å². The Morgan fingerprint density at radius 1 is 1.31 bits per heavy atom. The number of nitrogens with zero attached hydrogens (tertiary/aromatic N) is 3. The second kappa shape index (κ2) is 4.32. The Balaban J connectivity index is 2.38. The van der Waals surface area contributed by atoms with Crippen LogP contribution in [-0.2, 0) is 0 Å². The molecule has 0 aliphatic rings. The highest BCUT2D eigenvalue weighted by Crippen LogP contribution is 2.19. The number of carbonyl (C=O) groups is 1. The lowest BCUT2D eigenvalue weighted by molar-refractivity contribution is 0.112. The normalized spacial score (nSPS) is 10.1. The van der Waals surface area contributed by atoms with Crippen molar-refractivity contribution < 1.29 is 9.53 Å². The van der Waals surface area contributed by atoms with E-state index < -0.39 is 0 Å². The summed E-state index contributed by atoms with van der Waals surface area (Å²) in [5, 5.41) is 8.18. The molecule has 0 fully saturated rings. The topological polar surface area (TPSA) is 57.0 Å². The van der Waals surface area contributed by atoms with Gasteiger partial charge in [0.25, 0.3) is 5.88 Å².